The first-order valence-corrected chi connectivity index (χ1v) is 14.8. The molecule has 0 saturated heterocycles. The number of rotatable bonds is 7. The van der Waals surface area contributed by atoms with Crippen LogP contribution >= 0.6 is 11.6 Å². The van der Waals surface area contributed by atoms with Crippen LogP contribution in [0.5, 0.6) is 0 Å². The van der Waals surface area contributed by atoms with Crippen LogP contribution in [0.2, 0.25) is 5.02 Å². The summed E-state index contributed by atoms with van der Waals surface area (Å²) in [5.41, 5.74) is 5.18. The van der Waals surface area contributed by atoms with Gasteiger partial charge in [-0.15, -0.1) is 0 Å². The molecule has 1 saturated carbocycles. The van der Waals surface area contributed by atoms with Crippen molar-refractivity contribution < 1.29 is 9.59 Å². The van der Waals surface area contributed by atoms with Crippen LogP contribution in [0, 0.1) is 24.7 Å². The molecule has 2 aromatic carbocycles. The zero-order valence-electron chi connectivity index (χ0n) is 24.6. The van der Waals surface area contributed by atoms with E-state index in [9.17, 15) is 9.59 Å². The Labute approximate surface area is 238 Å². The summed E-state index contributed by atoms with van der Waals surface area (Å²) < 4.78 is 4.44. The van der Waals surface area contributed by atoms with E-state index in [-0.39, 0.29) is 23.4 Å². The topological polar surface area (TPSA) is 44.0 Å². The second kappa shape index (κ2) is 12.1. The van der Waals surface area contributed by atoms with Gasteiger partial charge in [-0.25, -0.2) is 0 Å². The molecule has 1 fully saturated rings. The number of Topliss-reactive ketones (excluding diaryl/α,β-unsaturated/α-hetero) is 2. The minimum Gasteiger partial charge on any atom is -0.346 e. The van der Waals surface area contributed by atoms with Crippen LogP contribution in [-0.4, -0.2) is 20.7 Å². The Bertz CT molecular complexity index is 1480. The molecule has 0 radical (unpaired) electrons. The summed E-state index contributed by atoms with van der Waals surface area (Å²) in [4.78, 5) is 24.7. The molecule has 0 bridgehead atoms. The Kier molecular flexibility index (Phi) is 9.06. The molecule has 0 spiro atoms. The number of carbonyl (C=O) groups excluding carboxylic acids is 2. The summed E-state index contributed by atoms with van der Waals surface area (Å²) >= 11 is 6.16. The number of aromatic nitrogens is 2. The van der Waals surface area contributed by atoms with Gasteiger partial charge >= 0.3 is 0 Å². The lowest BCUT2D eigenvalue weighted by Crippen LogP contribution is -2.08. The number of hydrogen-bond donors (Lipinski definition) is 0. The van der Waals surface area contributed by atoms with Crippen molar-refractivity contribution in [2.45, 2.75) is 86.7 Å². The van der Waals surface area contributed by atoms with Gasteiger partial charge in [0.2, 0.25) is 0 Å². The van der Waals surface area contributed by atoms with Gasteiger partial charge in [0.25, 0.3) is 0 Å². The molecule has 1 aliphatic carbocycles. The standard InChI is InChI=1S/C18H22ClNO.C16H21NO/c1-12(2)18(21)16-11-20(10-13-5-3-4-6-13)17-9-14(19)7-8-15(16)17;1-10(2)16(18)14-9-17(11(3)4)15-8-12(5)6-7-13(14)15/h7-9,11-13H,3-6,10H2,1-2H3;6-11H,1-5H3. The highest BCUT2D eigenvalue weighted by Crippen LogP contribution is 2.31. The van der Waals surface area contributed by atoms with E-state index in [1.807, 2.05) is 58.3 Å². The summed E-state index contributed by atoms with van der Waals surface area (Å²) in [6, 6.07) is 12.5. The number of nitrogens with zero attached hydrogens (tertiary/aromatic N) is 2. The second-order valence-corrected chi connectivity index (χ2v) is 12.5. The van der Waals surface area contributed by atoms with E-state index >= 15 is 0 Å². The van der Waals surface area contributed by atoms with Gasteiger partial charge in [-0.2, -0.15) is 0 Å². The Morgan fingerprint density at radius 2 is 1.38 bits per heavy atom. The third-order valence-corrected chi connectivity index (χ3v) is 8.13. The van der Waals surface area contributed by atoms with Gasteiger partial charge in [-0.05, 0) is 63.3 Å². The molecule has 2 aromatic heterocycles. The first kappa shape index (κ1) is 29.1. The average Bonchev–Trinajstić information content (AvgIpc) is 3.61. The van der Waals surface area contributed by atoms with Gasteiger partial charge < -0.3 is 9.13 Å². The predicted molar refractivity (Wildman–Crippen MR) is 164 cm³/mol. The summed E-state index contributed by atoms with van der Waals surface area (Å²) in [5, 5.41) is 2.85. The number of fused-ring (bicyclic) bond motifs is 2. The molecule has 2 heterocycles. The van der Waals surface area contributed by atoms with Crippen LogP contribution in [0.25, 0.3) is 21.8 Å². The van der Waals surface area contributed by atoms with Gasteiger partial charge in [-0.3, -0.25) is 9.59 Å². The van der Waals surface area contributed by atoms with Crippen LogP contribution in [0.1, 0.15) is 99.5 Å². The number of hydrogen-bond acceptors (Lipinski definition) is 2. The molecule has 39 heavy (non-hydrogen) atoms. The minimum atomic E-state index is 0.0196. The van der Waals surface area contributed by atoms with Crippen molar-refractivity contribution in [2.24, 2.45) is 17.8 Å². The molecule has 4 nitrogen and oxygen atoms in total. The number of ketones is 2. The highest BCUT2D eigenvalue weighted by Gasteiger charge is 2.21. The van der Waals surface area contributed by atoms with Gasteiger partial charge in [0.1, 0.15) is 0 Å². The van der Waals surface area contributed by atoms with E-state index in [2.05, 4.69) is 48.1 Å². The molecule has 0 N–H and O–H groups in total. The summed E-state index contributed by atoms with van der Waals surface area (Å²) in [7, 11) is 0. The summed E-state index contributed by atoms with van der Waals surface area (Å²) in [6.07, 6.45) is 9.32. The van der Waals surface area contributed by atoms with Gasteiger partial charge in [-0.1, -0.05) is 70.3 Å². The third-order valence-electron chi connectivity index (χ3n) is 7.90. The fraction of sp³-hybridized carbons (Fsp3) is 0.471. The quantitative estimate of drug-likeness (QED) is 0.216. The molecular formula is C34H43ClN2O2. The van der Waals surface area contributed by atoms with Crippen LogP contribution in [0.3, 0.4) is 0 Å². The van der Waals surface area contributed by atoms with E-state index in [1.165, 1.54) is 31.2 Å². The molecule has 0 atom stereocenters. The molecule has 0 unspecified atom stereocenters. The number of aryl methyl sites for hydroxylation is 1. The van der Waals surface area contributed by atoms with E-state index in [4.69, 9.17) is 11.6 Å². The normalized spacial score (nSPS) is 14.1. The molecule has 0 amide bonds. The summed E-state index contributed by atoms with van der Waals surface area (Å²) in [6.45, 7) is 15.2. The molecule has 5 rings (SSSR count). The largest absolute Gasteiger partial charge is 0.346 e. The lowest BCUT2D eigenvalue weighted by atomic mass is 10.0. The van der Waals surface area contributed by atoms with Crippen LogP contribution < -0.4 is 0 Å². The second-order valence-electron chi connectivity index (χ2n) is 12.1. The SMILES string of the molecule is CC(C)C(=O)c1cn(CC2CCCC2)c2cc(Cl)ccc12.Cc1ccc2c(C(=O)C(C)C)cn(C(C)C)c2c1. The van der Waals surface area contributed by atoms with Crippen LogP contribution in [0.4, 0.5) is 0 Å². The predicted octanol–water partition coefficient (Wildman–Crippen LogP) is 9.69. The van der Waals surface area contributed by atoms with Gasteiger partial charge in [0, 0.05) is 69.3 Å². The fourth-order valence-corrected chi connectivity index (χ4v) is 5.86. The van der Waals surface area contributed by atoms with Crippen molar-refractivity contribution in [3.05, 3.63) is 70.5 Å². The third kappa shape index (κ3) is 6.32. The smallest absolute Gasteiger partial charge is 0.167 e. The number of carbonyl (C=O) groups is 2. The monoisotopic (exact) mass is 546 g/mol. The molecule has 5 heteroatoms. The molecule has 0 aliphatic heterocycles. The zero-order chi connectivity index (χ0) is 28.4. The zero-order valence-corrected chi connectivity index (χ0v) is 25.3. The van der Waals surface area contributed by atoms with Crippen molar-refractivity contribution in [3.8, 4) is 0 Å². The van der Waals surface area contributed by atoms with E-state index in [0.717, 1.165) is 50.4 Å². The van der Waals surface area contributed by atoms with Gasteiger partial charge in [0.05, 0.1) is 5.52 Å². The van der Waals surface area contributed by atoms with Crippen molar-refractivity contribution in [2.75, 3.05) is 0 Å². The molecule has 4 aromatic rings. The van der Waals surface area contributed by atoms with Gasteiger partial charge in [0.15, 0.2) is 11.6 Å². The van der Waals surface area contributed by atoms with Crippen molar-refractivity contribution >= 4 is 45.0 Å². The number of halogens is 1. The van der Waals surface area contributed by atoms with E-state index < -0.39 is 0 Å². The van der Waals surface area contributed by atoms with Crippen molar-refractivity contribution in [3.63, 3.8) is 0 Å². The van der Waals surface area contributed by atoms with E-state index in [1.54, 1.807) is 0 Å². The molecule has 208 valence electrons. The van der Waals surface area contributed by atoms with E-state index in [0.29, 0.717) is 6.04 Å². The first-order chi connectivity index (χ1) is 18.5. The fourth-order valence-electron chi connectivity index (χ4n) is 5.69. The minimum absolute atomic E-state index is 0.0196. The Morgan fingerprint density at radius 3 is 1.97 bits per heavy atom. The summed E-state index contributed by atoms with van der Waals surface area (Å²) in [5.74, 6) is 1.24. The highest BCUT2D eigenvalue weighted by molar-refractivity contribution is 6.31. The van der Waals surface area contributed by atoms with Crippen LogP contribution in [-0.2, 0) is 6.54 Å². The lowest BCUT2D eigenvalue weighted by molar-refractivity contribution is 0.0933. The first-order valence-electron chi connectivity index (χ1n) is 14.5. The van der Waals surface area contributed by atoms with Crippen molar-refractivity contribution in [1.29, 1.82) is 0 Å². The number of benzene rings is 2. The maximum Gasteiger partial charge on any atom is 0.167 e. The Morgan fingerprint density at radius 1 is 0.821 bits per heavy atom. The Hall–Kier alpha value is -2.85. The average molecular weight is 547 g/mol. The van der Waals surface area contributed by atoms with Crippen LogP contribution in [0.15, 0.2) is 48.8 Å². The lowest BCUT2D eigenvalue weighted by Gasteiger charge is -2.11. The maximum absolute atomic E-state index is 12.4. The maximum atomic E-state index is 12.4. The highest BCUT2D eigenvalue weighted by atomic mass is 35.5. The van der Waals surface area contributed by atoms with Crippen molar-refractivity contribution in [1.82, 2.24) is 9.13 Å². The Balaban J connectivity index is 0.000000183. The molecule has 1 aliphatic rings. The molecular weight excluding hydrogens is 504 g/mol.